The fourth-order valence-corrected chi connectivity index (χ4v) is 2.38. The van der Waals surface area contributed by atoms with E-state index < -0.39 is 0 Å². The van der Waals surface area contributed by atoms with E-state index in [4.69, 9.17) is 0 Å². The van der Waals surface area contributed by atoms with E-state index in [1.54, 1.807) is 13.0 Å². The minimum Gasteiger partial charge on any atom is -0.207 e. The zero-order valence-electron chi connectivity index (χ0n) is 13.1. The molecular formula is C20H21F. The molecule has 0 amide bonds. The molecule has 0 atom stereocenters. The number of aryl methyl sites for hydroxylation is 3. The zero-order valence-corrected chi connectivity index (χ0v) is 13.1. The maximum absolute atomic E-state index is 13.8. The summed E-state index contributed by atoms with van der Waals surface area (Å²) >= 11 is 0. The van der Waals surface area contributed by atoms with Gasteiger partial charge in [0, 0.05) is 0 Å². The summed E-state index contributed by atoms with van der Waals surface area (Å²) in [6.45, 7) is 11.9. The summed E-state index contributed by atoms with van der Waals surface area (Å²) in [7, 11) is 0. The third kappa shape index (κ3) is 3.13. The smallest absolute Gasteiger partial charge is 0.126 e. The standard InChI is InChI=1S/C20H21F/c1-6-19(18-10-7-13(2)15(4)11-18)16(5)17-9-8-14(3)20(21)12-17/h6-12H,1H2,2-5H3. The van der Waals surface area contributed by atoms with Gasteiger partial charge in [0.1, 0.15) is 5.82 Å². The number of rotatable bonds is 3. The van der Waals surface area contributed by atoms with Gasteiger partial charge in [0.15, 0.2) is 0 Å². The lowest BCUT2D eigenvalue weighted by molar-refractivity contribution is 0.618. The molecule has 0 aliphatic rings. The fourth-order valence-electron chi connectivity index (χ4n) is 2.38. The van der Waals surface area contributed by atoms with Gasteiger partial charge in [-0.3, -0.25) is 0 Å². The lowest BCUT2D eigenvalue weighted by Gasteiger charge is -2.12. The molecule has 1 heteroatoms. The number of benzene rings is 2. The van der Waals surface area contributed by atoms with Crippen LogP contribution in [0, 0.1) is 26.6 Å². The molecule has 2 aromatic carbocycles. The van der Waals surface area contributed by atoms with Gasteiger partial charge in [0.25, 0.3) is 0 Å². The van der Waals surface area contributed by atoms with Crippen molar-refractivity contribution in [2.45, 2.75) is 27.7 Å². The molecule has 0 spiro atoms. The highest BCUT2D eigenvalue weighted by molar-refractivity contribution is 5.94. The van der Waals surface area contributed by atoms with Crippen LogP contribution in [0.25, 0.3) is 11.1 Å². The molecule has 0 heterocycles. The first-order valence-electron chi connectivity index (χ1n) is 7.11. The van der Waals surface area contributed by atoms with E-state index in [0.717, 1.165) is 22.3 Å². The third-order valence-electron chi connectivity index (χ3n) is 4.03. The molecule has 2 aromatic rings. The first-order valence-corrected chi connectivity index (χ1v) is 7.11. The van der Waals surface area contributed by atoms with Crippen molar-refractivity contribution in [1.82, 2.24) is 0 Å². The molecule has 2 rings (SSSR count). The van der Waals surface area contributed by atoms with E-state index in [9.17, 15) is 4.39 Å². The van der Waals surface area contributed by atoms with Crippen molar-refractivity contribution in [2.24, 2.45) is 0 Å². The molecule has 0 aliphatic carbocycles. The minimum atomic E-state index is -0.171. The van der Waals surface area contributed by atoms with Crippen LogP contribution in [0.5, 0.6) is 0 Å². The molecule has 0 aromatic heterocycles. The van der Waals surface area contributed by atoms with Gasteiger partial charge < -0.3 is 0 Å². The van der Waals surface area contributed by atoms with Crippen LogP contribution in [0.4, 0.5) is 4.39 Å². The van der Waals surface area contributed by atoms with Crippen LogP contribution in [-0.4, -0.2) is 0 Å². The van der Waals surface area contributed by atoms with Gasteiger partial charge in [-0.25, -0.2) is 4.39 Å². The number of allylic oxidation sites excluding steroid dienone is 3. The van der Waals surface area contributed by atoms with E-state index in [0.29, 0.717) is 5.56 Å². The first-order chi connectivity index (χ1) is 9.93. The zero-order chi connectivity index (χ0) is 15.6. The SMILES string of the molecule is C=CC(=C(C)c1ccc(C)c(F)c1)c1ccc(C)c(C)c1. The second kappa shape index (κ2) is 6.09. The Kier molecular flexibility index (Phi) is 4.42. The van der Waals surface area contributed by atoms with Gasteiger partial charge in [0.2, 0.25) is 0 Å². The molecule has 0 saturated heterocycles. The lowest BCUT2D eigenvalue weighted by atomic mass is 9.93. The lowest BCUT2D eigenvalue weighted by Crippen LogP contribution is -1.92. The molecule has 108 valence electrons. The molecule has 0 N–H and O–H groups in total. The Morgan fingerprint density at radius 1 is 0.905 bits per heavy atom. The monoisotopic (exact) mass is 280 g/mol. The highest BCUT2D eigenvalue weighted by Gasteiger charge is 2.08. The van der Waals surface area contributed by atoms with Crippen molar-refractivity contribution < 1.29 is 4.39 Å². The van der Waals surface area contributed by atoms with Gasteiger partial charge in [-0.15, -0.1) is 0 Å². The number of halogens is 1. The van der Waals surface area contributed by atoms with Gasteiger partial charge in [-0.05, 0) is 72.7 Å². The van der Waals surface area contributed by atoms with E-state index in [1.165, 1.54) is 11.1 Å². The summed E-state index contributed by atoms with van der Waals surface area (Å²) in [5, 5.41) is 0. The predicted octanol–water partition coefficient (Wildman–Crippen LogP) is 5.87. The van der Waals surface area contributed by atoms with Gasteiger partial charge in [0.05, 0.1) is 0 Å². The van der Waals surface area contributed by atoms with E-state index >= 15 is 0 Å². The summed E-state index contributed by atoms with van der Waals surface area (Å²) < 4.78 is 13.8. The van der Waals surface area contributed by atoms with Gasteiger partial charge >= 0.3 is 0 Å². The van der Waals surface area contributed by atoms with Crippen molar-refractivity contribution in [3.8, 4) is 0 Å². The number of hydrogen-bond acceptors (Lipinski definition) is 0. The summed E-state index contributed by atoms with van der Waals surface area (Å²) in [4.78, 5) is 0. The Morgan fingerprint density at radius 2 is 1.52 bits per heavy atom. The minimum absolute atomic E-state index is 0.171. The molecule has 0 nitrogen and oxygen atoms in total. The summed E-state index contributed by atoms with van der Waals surface area (Å²) in [6, 6.07) is 11.7. The van der Waals surface area contributed by atoms with E-state index in [1.807, 2.05) is 25.1 Å². The van der Waals surface area contributed by atoms with Crippen molar-refractivity contribution in [3.05, 3.63) is 82.7 Å². The first kappa shape index (κ1) is 15.2. The van der Waals surface area contributed by atoms with Gasteiger partial charge in [-0.1, -0.05) is 43.0 Å². The molecule has 0 radical (unpaired) electrons. The Hall–Kier alpha value is -2.15. The predicted molar refractivity (Wildman–Crippen MR) is 89.7 cm³/mol. The van der Waals surface area contributed by atoms with Crippen molar-refractivity contribution >= 4 is 11.1 Å². The topological polar surface area (TPSA) is 0 Å². The van der Waals surface area contributed by atoms with Crippen LogP contribution in [0.15, 0.2) is 49.1 Å². The fraction of sp³-hybridized carbons (Fsp3) is 0.200. The molecular weight excluding hydrogens is 259 g/mol. The largest absolute Gasteiger partial charge is 0.207 e. The molecule has 0 bridgehead atoms. The van der Waals surface area contributed by atoms with E-state index in [2.05, 4.69) is 38.6 Å². The third-order valence-corrected chi connectivity index (χ3v) is 4.03. The van der Waals surface area contributed by atoms with Crippen LogP contribution in [-0.2, 0) is 0 Å². The number of hydrogen-bond donors (Lipinski definition) is 0. The molecule has 0 fully saturated rings. The Morgan fingerprint density at radius 3 is 2.10 bits per heavy atom. The molecule has 21 heavy (non-hydrogen) atoms. The summed E-state index contributed by atoms with van der Waals surface area (Å²) in [5.74, 6) is -0.171. The highest BCUT2D eigenvalue weighted by atomic mass is 19.1. The average Bonchev–Trinajstić information content (AvgIpc) is 2.46. The Balaban J connectivity index is 2.57. The average molecular weight is 280 g/mol. The summed E-state index contributed by atoms with van der Waals surface area (Å²) in [6.07, 6.45) is 1.84. The van der Waals surface area contributed by atoms with Crippen LogP contribution in [0.2, 0.25) is 0 Å². The normalized spacial score (nSPS) is 12.0. The van der Waals surface area contributed by atoms with Crippen LogP contribution in [0.3, 0.4) is 0 Å². The maximum atomic E-state index is 13.8. The molecule has 0 unspecified atom stereocenters. The Bertz CT molecular complexity index is 721. The maximum Gasteiger partial charge on any atom is 0.126 e. The van der Waals surface area contributed by atoms with Crippen LogP contribution >= 0.6 is 0 Å². The van der Waals surface area contributed by atoms with E-state index in [-0.39, 0.29) is 5.82 Å². The van der Waals surface area contributed by atoms with Crippen LogP contribution < -0.4 is 0 Å². The van der Waals surface area contributed by atoms with Crippen molar-refractivity contribution in [3.63, 3.8) is 0 Å². The highest BCUT2D eigenvalue weighted by Crippen LogP contribution is 2.29. The van der Waals surface area contributed by atoms with Gasteiger partial charge in [-0.2, -0.15) is 0 Å². The van der Waals surface area contributed by atoms with Crippen molar-refractivity contribution in [2.75, 3.05) is 0 Å². The quantitative estimate of drug-likeness (QED) is 0.487. The van der Waals surface area contributed by atoms with Crippen LogP contribution in [0.1, 0.15) is 34.7 Å². The van der Waals surface area contributed by atoms with Crippen molar-refractivity contribution in [1.29, 1.82) is 0 Å². The second-order valence-corrected chi connectivity index (χ2v) is 5.51. The summed E-state index contributed by atoms with van der Waals surface area (Å²) in [5.41, 5.74) is 7.26. The second-order valence-electron chi connectivity index (χ2n) is 5.51. The Labute approximate surface area is 126 Å². The molecule has 0 saturated carbocycles. The molecule has 0 aliphatic heterocycles.